The van der Waals surface area contributed by atoms with Crippen molar-refractivity contribution in [3.05, 3.63) is 23.3 Å². The van der Waals surface area contributed by atoms with Gasteiger partial charge in [0.2, 0.25) is 11.8 Å². The van der Waals surface area contributed by atoms with E-state index >= 15 is 0 Å². The van der Waals surface area contributed by atoms with Gasteiger partial charge in [0.15, 0.2) is 0 Å². The molecule has 2 amide bonds. The third-order valence-electron chi connectivity index (χ3n) is 5.95. The summed E-state index contributed by atoms with van der Waals surface area (Å²) in [4.78, 5) is 27.9. The monoisotopic (exact) mass is 403 g/mol. The zero-order valence-corrected chi connectivity index (χ0v) is 17.8. The Labute approximate surface area is 173 Å². The molecule has 1 atom stereocenters. The number of nitrogens with one attached hydrogen (secondary N) is 1. The van der Waals surface area contributed by atoms with E-state index in [-0.39, 0.29) is 18.4 Å². The average Bonchev–Trinajstić information content (AvgIpc) is 3.11. The lowest BCUT2D eigenvalue weighted by Crippen LogP contribution is -2.43. The highest BCUT2D eigenvalue weighted by molar-refractivity contribution is 5.85. The fraction of sp³-hybridized carbons (Fsp3) is 0.636. The zero-order chi connectivity index (χ0) is 20.8. The van der Waals surface area contributed by atoms with Crippen molar-refractivity contribution in [3.63, 3.8) is 0 Å². The second-order valence-electron chi connectivity index (χ2n) is 8.05. The molecule has 0 aliphatic carbocycles. The van der Waals surface area contributed by atoms with Crippen LogP contribution in [0.25, 0.3) is 0 Å². The van der Waals surface area contributed by atoms with Gasteiger partial charge in [0.25, 0.3) is 0 Å². The number of benzene rings is 1. The van der Waals surface area contributed by atoms with Gasteiger partial charge < -0.3 is 19.7 Å². The summed E-state index contributed by atoms with van der Waals surface area (Å²) in [5.41, 5.74) is 2.17. The van der Waals surface area contributed by atoms with Gasteiger partial charge in [0.1, 0.15) is 11.5 Å². The summed E-state index contributed by atoms with van der Waals surface area (Å²) in [6.45, 7) is 6.37. The number of amides is 2. The standard InChI is InChI=1S/C22H33N3O4/c1-16-19(28-2)9-8-18(22(16)29-3)14-24-10-4-6-17(13-24)12-23-20(26)15-25-11-5-7-21(25)27/h8-9,17H,4-7,10-15H2,1-3H3,(H,23,26). The first-order valence-electron chi connectivity index (χ1n) is 10.5. The molecular formula is C22H33N3O4. The highest BCUT2D eigenvalue weighted by atomic mass is 16.5. The first kappa shape index (κ1) is 21.4. The van der Waals surface area contributed by atoms with E-state index < -0.39 is 0 Å². The Morgan fingerprint density at radius 2 is 2.03 bits per heavy atom. The van der Waals surface area contributed by atoms with E-state index in [9.17, 15) is 9.59 Å². The van der Waals surface area contributed by atoms with E-state index in [0.29, 0.717) is 25.4 Å². The number of hydrogen-bond donors (Lipinski definition) is 1. The molecule has 7 nitrogen and oxygen atoms in total. The van der Waals surface area contributed by atoms with Crippen molar-refractivity contribution in [2.24, 2.45) is 5.92 Å². The van der Waals surface area contributed by atoms with Crippen molar-refractivity contribution in [1.29, 1.82) is 0 Å². The van der Waals surface area contributed by atoms with E-state index in [1.54, 1.807) is 19.1 Å². The Kier molecular flexibility index (Phi) is 7.36. The molecule has 2 heterocycles. The van der Waals surface area contributed by atoms with Gasteiger partial charge in [0.05, 0.1) is 20.8 Å². The Balaban J connectivity index is 1.51. The van der Waals surface area contributed by atoms with Crippen LogP contribution in [-0.4, -0.2) is 68.6 Å². The summed E-state index contributed by atoms with van der Waals surface area (Å²) in [6.07, 6.45) is 3.65. The molecule has 0 aromatic heterocycles. The molecule has 2 saturated heterocycles. The minimum absolute atomic E-state index is 0.0511. The van der Waals surface area contributed by atoms with E-state index in [1.165, 1.54) is 0 Å². The number of methoxy groups -OCH3 is 2. The van der Waals surface area contributed by atoms with Gasteiger partial charge in [-0.05, 0) is 44.7 Å². The number of carbonyl (C=O) groups is 2. The fourth-order valence-corrected chi connectivity index (χ4v) is 4.42. The molecule has 2 aliphatic heterocycles. The minimum Gasteiger partial charge on any atom is -0.496 e. The maximum atomic E-state index is 12.2. The van der Waals surface area contributed by atoms with Gasteiger partial charge in [0, 0.05) is 43.7 Å². The van der Waals surface area contributed by atoms with Crippen LogP contribution in [-0.2, 0) is 16.1 Å². The van der Waals surface area contributed by atoms with Crippen molar-refractivity contribution in [2.75, 3.05) is 46.9 Å². The molecule has 1 unspecified atom stereocenters. The highest BCUT2D eigenvalue weighted by Gasteiger charge is 2.24. The maximum absolute atomic E-state index is 12.2. The number of carbonyl (C=O) groups excluding carboxylic acids is 2. The highest BCUT2D eigenvalue weighted by Crippen LogP contribution is 2.32. The number of piperidine rings is 1. The number of ether oxygens (including phenoxy) is 2. The van der Waals surface area contributed by atoms with Gasteiger partial charge in [-0.15, -0.1) is 0 Å². The summed E-state index contributed by atoms with van der Waals surface area (Å²) in [5.74, 6) is 2.18. The summed E-state index contributed by atoms with van der Waals surface area (Å²) in [6, 6.07) is 4.07. The topological polar surface area (TPSA) is 71.1 Å². The van der Waals surface area contributed by atoms with Gasteiger partial charge >= 0.3 is 0 Å². The molecule has 0 radical (unpaired) electrons. The number of likely N-dealkylation sites (tertiary alicyclic amines) is 2. The van der Waals surface area contributed by atoms with Gasteiger partial charge in [-0.3, -0.25) is 14.5 Å². The largest absolute Gasteiger partial charge is 0.496 e. The lowest BCUT2D eigenvalue weighted by Gasteiger charge is -2.33. The molecule has 0 bridgehead atoms. The van der Waals surface area contributed by atoms with Crippen molar-refractivity contribution in [3.8, 4) is 11.5 Å². The van der Waals surface area contributed by atoms with Crippen LogP contribution >= 0.6 is 0 Å². The molecule has 2 aliphatic rings. The van der Waals surface area contributed by atoms with Gasteiger partial charge in [-0.25, -0.2) is 0 Å². The van der Waals surface area contributed by atoms with Crippen LogP contribution in [0.4, 0.5) is 0 Å². The van der Waals surface area contributed by atoms with Crippen molar-refractivity contribution >= 4 is 11.8 Å². The van der Waals surface area contributed by atoms with E-state index in [2.05, 4.69) is 16.3 Å². The van der Waals surface area contributed by atoms with Crippen molar-refractivity contribution < 1.29 is 19.1 Å². The molecule has 1 aromatic rings. The zero-order valence-electron chi connectivity index (χ0n) is 17.8. The molecule has 7 heteroatoms. The molecule has 0 spiro atoms. The third-order valence-corrected chi connectivity index (χ3v) is 5.95. The first-order valence-corrected chi connectivity index (χ1v) is 10.5. The van der Waals surface area contributed by atoms with Crippen LogP contribution < -0.4 is 14.8 Å². The van der Waals surface area contributed by atoms with Crippen LogP contribution in [0, 0.1) is 12.8 Å². The predicted molar refractivity (Wildman–Crippen MR) is 111 cm³/mol. The third kappa shape index (κ3) is 5.41. The second-order valence-corrected chi connectivity index (χ2v) is 8.05. The molecule has 29 heavy (non-hydrogen) atoms. The van der Waals surface area contributed by atoms with Crippen molar-refractivity contribution in [1.82, 2.24) is 15.1 Å². The molecule has 0 saturated carbocycles. The van der Waals surface area contributed by atoms with Crippen LogP contribution in [0.1, 0.15) is 36.8 Å². The number of hydrogen-bond acceptors (Lipinski definition) is 5. The van der Waals surface area contributed by atoms with E-state index in [0.717, 1.165) is 61.5 Å². The molecule has 1 N–H and O–H groups in total. The smallest absolute Gasteiger partial charge is 0.239 e. The Hall–Kier alpha value is -2.28. The normalized spacial score (nSPS) is 20.0. The Morgan fingerprint density at radius 3 is 2.72 bits per heavy atom. The van der Waals surface area contributed by atoms with Crippen LogP contribution in [0.3, 0.4) is 0 Å². The van der Waals surface area contributed by atoms with E-state index in [1.807, 2.05) is 13.0 Å². The first-order chi connectivity index (χ1) is 14.0. The van der Waals surface area contributed by atoms with Crippen LogP contribution in [0.2, 0.25) is 0 Å². The quantitative estimate of drug-likeness (QED) is 0.719. The van der Waals surface area contributed by atoms with Gasteiger partial charge in [-0.2, -0.15) is 0 Å². The SMILES string of the molecule is COc1ccc(CN2CCCC(CNC(=O)CN3CCCC3=O)C2)c(OC)c1C. The lowest BCUT2D eigenvalue weighted by molar-refractivity contribution is -0.133. The molecular weight excluding hydrogens is 370 g/mol. The summed E-state index contributed by atoms with van der Waals surface area (Å²) >= 11 is 0. The van der Waals surface area contributed by atoms with Gasteiger partial charge in [-0.1, -0.05) is 6.07 Å². The summed E-state index contributed by atoms with van der Waals surface area (Å²) in [5, 5.41) is 3.03. The average molecular weight is 404 g/mol. The lowest BCUT2D eigenvalue weighted by atomic mass is 9.97. The molecule has 3 rings (SSSR count). The maximum Gasteiger partial charge on any atom is 0.239 e. The molecule has 160 valence electrons. The Morgan fingerprint density at radius 1 is 1.21 bits per heavy atom. The van der Waals surface area contributed by atoms with Crippen LogP contribution in [0.5, 0.6) is 11.5 Å². The Bertz CT molecular complexity index is 737. The number of rotatable bonds is 8. The van der Waals surface area contributed by atoms with Crippen LogP contribution in [0.15, 0.2) is 12.1 Å². The fourth-order valence-electron chi connectivity index (χ4n) is 4.42. The minimum atomic E-state index is -0.0511. The summed E-state index contributed by atoms with van der Waals surface area (Å²) in [7, 11) is 3.37. The van der Waals surface area contributed by atoms with Crippen molar-refractivity contribution in [2.45, 2.75) is 39.2 Å². The summed E-state index contributed by atoms with van der Waals surface area (Å²) < 4.78 is 11.0. The second kappa shape index (κ2) is 9.96. The van der Waals surface area contributed by atoms with E-state index in [4.69, 9.17) is 9.47 Å². The number of nitrogens with zero attached hydrogens (tertiary/aromatic N) is 2. The predicted octanol–water partition coefficient (Wildman–Crippen LogP) is 1.96. The molecule has 1 aromatic carbocycles. The molecule has 2 fully saturated rings.